The van der Waals surface area contributed by atoms with E-state index in [9.17, 15) is 13.6 Å². The van der Waals surface area contributed by atoms with E-state index in [1.807, 2.05) is 0 Å². The number of carbonyl (C=O) groups is 1. The lowest BCUT2D eigenvalue weighted by molar-refractivity contribution is 0.0989. The summed E-state index contributed by atoms with van der Waals surface area (Å²) in [7, 11) is 0. The molecule has 0 aliphatic carbocycles. The van der Waals surface area contributed by atoms with Crippen molar-refractivity contribution >= 4 is 34.7 Å². The molecule has 0 radical (unpaired) electrons. The largest absolute Gasteiger partial charge is 0.398 e. The van der Waals surface area contributed by atoms with Gasteiger partial charge in [-0.15, -0.1) is 0 Å². The van der Waals surface area contributed by atoms with E-state index in [2.05, 4.69) is 0 Å². The average molecular weight is 344 g/mol. The van der Waals surface area contributed by atoms with Gasteiger partial charge in [-0.2, -0.15) is 0 Å². The number of benzene rings is 2. The maximum Gasteiger partial charge on any atom is 0.164 e. The van der Waals surface area contributed by atoms with Crippen molar-refractivity contribution in [2.75, 3.05) is 5.73 Å². The second-order valence-electron chi connectivity index (χ2n) is 4.84. The zero-order chi connectivity index (χ0) is 16.6. The lowest BCUT2D eigenvalue weighted by Gasteiger charge is -2.15. The van der Waals surface area contributed by atoms with E-state index in [1.165, 1.54) is 6.07 Å². The third-order valence-corrected chi connectivity index (χ3v) is 4.07. The van der Waals surface area contributed by atoms with E-state index in [4.69, 9.17) is 28.9 Å². The van der Waals surface area contributed by atoms with Crippen molar-refractivity contribution in [3.8, 4) is 11.1 Å². The molecule has 116 valence electrons. The molecule has 0 heterocycles. The molecule has 0 aliphatic heterocycles. The Hall–Kier alpha value is -1.65. The topological polar surface area (TPSA) is 43.1 Å². The molecule has 0 saturated heterocycles. The fourth-order valence-corrected chi connectivity index (χ4v) is 2.77. The van der Waals surface area contributed by atoms with Gasteiger partial charge >= 0.3 is 0 Å². The Labute approximate surface area is 136 Å². The molecule has 2 aromatic carbocycles. The van der Waals surface area contributed by atoms with Crippen LogP contribution in [0.4, 0.5) is 14.5 Å². The van der Waals surface area contributed by atoms with Crippen LogP contribution >= 0.6 is 23.2 Å². The molecular weight excluding hydrogens is 331 g/mol. The van der Waals surface area contributed by atoms with E-state index in [0.29, 0.717) is 22.8 Å². The molecule has 0 unspecified atom stereocenters. The number of ketones is 1. The first-order chi connectivity index (χ1) is 10.3. The van der Waals surface area contributed by atoms with Crippen LogP contribution in [0.1, 0.15) is 29.3 Å². The molecule has 0 spiro atoms. The van der Waals surface area contributed by atoms with Gasteiger partial charge in [0.2, 0.25) is 0 Å². The van der Waals surface area contributed by atoms with Crippen molar-refractivity contribution < 1.29 is 13.6 Å². The van der Waals surface area contributed by atoms with Crippen molar-refractivity contribution in [3.05, 3.63) is 51.0 Å². The number of carbonyl (C=O) groups excluding carboxylic acids is 1. The van der Waals surface area contributed by atoms with E-state index in [0.717, 1.165) is 6.07 Å². The smallest absolute Gasteiger partial charge is 0.164 e. The maximum absolute atomic E-state index is 14.1. The standard InChI is InChI=1S/C16H13Cl2F2NO/c1-3-14(22)9-5-11(18)15(7(2)16(9)21)8-4-10(17)13(20)6-12(8)19/h4-6H,3,21H2,1-2H3. The second-order valence-corrected chi connectivity index (χ2v) is 5.66. The van der Waals surface area contributed by atoms with Crippen LogP contribution in [0.15, 0.2) is 18.2 Å². The molecule has 22 heavy (non-hydrogen) atoms. The van der Waals surface area contributed by atoms with Gasteiger partial charge < -0.3 is 5.73 Å². The number of hydrogen-bond acceptors (Lipinski definition) is 2. The second kappa shape index (κ2) is 6.23. The number of Topliss-reactive ketones (excluding diaryl/α,β-unsaturated/α-hetero) is 1. The molecule has 6 heteroatoms. The highest BCUT2D eigenvalue weighted by molar-refractivity contribution is 6.34. The van der Waals surface area contributed by atoms with Gasteiger partial charge in [-0.05, 0) is 24.6 Å². The lowest BCUT2D eigenvalue weighted by atomic mass is 9.94. The highest BCUT2D eigenvalue weighted by Gasteiger charge is 2.20. The Balaban J connectivity index is 2.75. The van der Waals surface area contributed by atoms with Crippen molar-refractivity contribution in [1.82, 2.24) is 0 Å². The van der Waals surface area contributed by atoms with E-state index >= 15 is 0 Å². The Bertz CT molecular complexity index is 775. The summed E-state index contributed by atoms with van der Waals surface area (Å²) in [4.78, 5) is 11.9. The number of hydrogen-bond donors (Lipinski definition) is 1. The maximum atomic E-state index is 14.1. The molecule has 0 fully saturated rings. The molecular formula is C16H13Cl2F2NO. The Morgan fingerprint density at radius 3 is 2.36 bits per heavy atom. The minimum Gasteiger partial charge on any atom is -0.398 e. The third-order valence-electron chi connectivity index (χ3n) is 3.48. The van der Waals surface area contributed by atoms with Crippen LogP contribution in [-0.2, 0) is 0 Å². The minimum atomic E-state index is -0.859. The summed E-state index contributed by atoms with van der Waals surface area (Å²) >= 11 is 11.9. The van der Waals surface area contributed by atoms with Crippen LogP contribution < -0.4 is 5.73 Å². The first kappa shape index (κ1) is 16.7. The molecule has 0 saturated carbocycles. The zero-order valence-electron chi connectivity index (χ0n) is 11.9. The van der Waals surface area contributed by atoms with Crippen LogP contribution in [0.2, 0.25) is 10.0 Å². The number of halogens is 4. The Kier molecular flexibility index (Phi) is 4.73. The summed E-state index contributed by atoms with van der Waals surface area (Å²) < 4.78 is 27.4. The third kappa shape index (κ3) is 2.81. The SMILES string of the molecule is CCC(=O)c1cc(Cl)c(-c2cc(Cl)c(F)cc2F)c(C)c1N. The number of rotatable bonds is 3. The molecule has 0 atom stereocenters. The van der Waals surface area contributed by atoms with Gasteiger partial charge in [-0.1, -0.05) is 30.1 Å². The first-order valence-corrected chi connectivity index (χ1v) is 7.30. The molecule has 2 aromatic rings. The predicted molar refractivity (Wildman–Crippen MR) is 85.6 cm³/mol. The van der Waals surface area contributed by atoms with E-state index in [1.54, 1.807) is 13.8 Å². The van der Waals surface area contributed by atoms with Crippen molar-refractivity contribution in [1.29, 1.82) is 0 Å². The van der Waals surface area contributed by atoms with Crippen LogP contribution in [0.3, 0.4) is 0 Å². The zero-order valence-corrected chi connectivity index (χ0v) is 13.4. The normalized spacial score (nSPS) is 10.8. The number of nitrogens with two attached hydrogens (primary N) is 1. The fourth-order valence-electron chi connectivity index (χ4n) is 2.26. The number of anilines is 1. The van der Waals surface area contributed by atoms with Crippen LogP contribution in [-0.4, -0.2) is 5.78 Å². The van der Waals surface area contributed by atoms with Crippen LogP contribution in [0.25, 0.3) is 11.1 Å². The summed E-state index contributed by atoms with van der Waals surface area (Å²) in [6.07, 6.45) is 0.274. The lowest BCUT2D eigenvalue weighted by Crippen LogP contribution is -2.06. The quantitative estimate of drug-likeness (QED) is 0.459. The van der Waals surface area contributed by atoms with Gasteiger partial charge in [0.15, 0.2) is 5.78 Å². The summed E-state index contributed by atoms with van der Waals surface area (Å²) in [5.41, 5.74) is 7.28. The fraction of sp³-hybridized carbons (Fsp3) is 0.188. The first-order valence-electron chi connectivity index (χ1n) is 6.54. The molecule has 0 aliphatic rings. The van der Waals surface area contributed by atoms with Gasteiger partial charge in [0.1, 0.15) is 11.6 Å². The minimum absolute atomic E-state index is 0.0381. The van der Waals surface area contributed by atoms with Crippen molar-refractivity contribution in [2.24, 2.45) is 0 Å². The molecule has 2 nitrogen and oxygen atoms in total. The van der Waals surface area contributed by atoms with Gasteiger partial charge in [-0.25, -0.2) is 8.78 Å². The summed E-state index contributed by atoms with van der Waals surface area (Å²) in [6.45, 7) is 3.33. The Morgan fingerprint density at radius 2 is 1.77 bits per heavy atom. The monoisotopic (exact) mass is 343 g/mol. The van der Waals surface area contributed by atoms with Gasteiger partial charge in [0.05, 0.1) is 5.02 Å². The van der Waals surface area contributed by atoms with E-state index < -0.39 is 11.6 Å². The molecule has 0 bridgehead atoms. The van der Waals surface area contributed by atoms with E-state index in [-0.39, 0.29) is 33.5 Å². The van der Waals surface area contributed by atoms with Crippen molar-refractivity contribution in [2.45, 2.75) is 20.3 Å². The van der Waals surface area contributed by atoms with Crippen LogP contribution in [0, 0.1) is 18.6 Å². The number of nitrogen functional groups attached to an aromatic ring is 1. The van der Waals surface area contributed by atoms with Gasteiger partial charge in [-0.3, -0.25) is 4.79 Å². The van der Waals surface area contributed by atoms with Gasteiger partial charge in [0, 0.05) is 39.9 Å². The molecule has 2 N–H and O–H groups in total. The summed E-state index contributed by atoms with van der Waals surface area (Å²) in [6, 6.07) is 3.25. The van der Waals surface area contributed by atoms with Crippen LogP contribution in [0.5, 0.6) is 0 Å². The summed E-state index contributed by atoms with van der Waals surface area (Å²) in [5.74, 6) is -1.82. The molecule has 0 aromatic heterocycles. The molecule has 2 rings (SSSR count). The van der Waals surface area contributed by atoms with Crippen molar-refractivity contribution in [3.63, 3.8) is 0 Å². The average Bonchev–Trinajstić information content (AvgIpc) is 2.47. The molecule has 0 amide bonds. The Morgan fingerprint density at radius 1 is 1.14 bits per heavy atom. The highest BCUT2D eigenvalue weighted by atomic mass is 35.5. The summed E-state index contributed by atoms with van der Waals surface area (Å²) in [5, 5.41) is -0.0655. The highest BCUT2D eigenvalue weighted by Crippen LogP contribution is 2.39. The van der Waals surface area contributed by atoms with Gasteiger partial charge in [0.25, 0.3) is 0 Å². The predicted octanol–water partition coefficient (Wildman–Crippen LogP) is 5.42.